The van der Waals surface area contributed by atoms with Crippen LogP contribution in [0.4, 0.5) is 5.13 Å². The first kappa shape index (κ1) is 14.5. The second-order valence-corrected chi connectivity index (χ2v) is 7.17. The summed E-state index contributed by atoms with van der Waals surface area (Å²) in [5.41, 5.74) is 3.63. The van der Waals surface area contributed by atoms with Crippen LogP contribution in [0.1, 0.15) is 10.4 Å². The van der Waals surface area contributed by atoms with Crippen LogP contribution in [-0.4, -0.2) is 49.3 Å². The number of hydrogen-bond acceptors (Lipinski definition) is 5. The first-order chi connectivity index (χ1) is 10.8. The fourth-order valence-corrected chi connectivity index (χ4v) is 4.20. The minimum absolute atomic E-state index is 0.779. The van der Waals surface area contributed by atoms with E-state index in [2.05, 4.69) is 16.3 Å². The molecule has 0 spiro atoms. The van der Waals surface area contributed by atoms with Crippen LogP contribution in [0.5, 0.6) is 0 Å². The van der Waals surface area contributed by atoms with Gasteiger partial charge < -0.3 is 10.1 Å². The van der Waals surface area contributed by atoms with Crippen molar-refractivity contribution in [1.82, 2.24) is 9.88 Å². The zero-order chi connectivity index (χ0) is 14.9. The van der Waals surface area contributed by atoms with Crippen molar-refractivity contribution in [1.29, 1.82) is 0 Å². The summed E-state index contributed by atoms with van der Waals surface area (Å²) in [6.45, 7) is 5.72. The molecule has 0 radical (unpaired) electrons. The summed E-state index contributed by atoms with van der Waals surface area (Å²) in [4.78, 5) is 8.52. The van der Waals surface area contributed by atoms with Gasteiger partial charge in [-0.05, 0) is 17.7 Å². The monoisotopic (exact) mass is 335 g/mol. The van der Waals surface area contributed by atoms with Crippen LogP contribution in [-0.2, 0) is 11.2 Å². The highest BCUT2D eigenvalue weighted by Crippen LogP contribution is 2.41. The lowest BCUT2D eigenvalue weighted by Crippen LogP contribution is -2.38. The fraction of sp³-hybridized carbons (Fsp3) is 0.438. The van der Waals surface area contributed by atoms with Crippen LogP contribution >= 0.6 is 22.9 Å². The Morgan fingerprint density at radius 2 is 2.18 bits per heavy atom. The summed E-state index contributed by atoms with van der Waals surface area (Å²) >= 11 is 7.87. The number of rotatable bonds is 4. The minimum Gasteiger partial charge on any atom is -0.379 e. The Morgan fingerprint density at radius 1 is 1.32 bits per heavy atom. The van der Waals surface area contributed by atoms with Crippen molar-refractivity contribution in [3.63, 3.8) is 0 Å². The molecule has 1 saturated heterocycles. The Bertz CT molecular complexity index is 682. The maximum Gasteiger partial charge on any atom is 0.183 e. The number of nitrogens with zero attached hydrogens (tertiary/aromatic N) is 2. The Morgan fingerprint density at radius 3 is 3.05 bits per heavy atom. The van der Waals surface area contributed by atoms with E-state index in [0.29, 0.717) is 0 Å². The third-order valence-corrected chi connectivity index (χ3v) is 5.43. The van der Waals surface area contributed by atoms with E-state index in [1.165, 1.54) is 16.0 Å². The largest absolute Gasteiger partial charge is 0.379 e. The van der Waals surface area contributed by atoms with E-state index in [1.807, 2.05) is 12.1 Å². The van der Waals surface area contributed by atoms with Crippen LogP contribution in [0.25, 0.3) is 11.3 Å². The molecule has 0 saturated carbocycles. The average molecular weight is 336 g/mol. The normalized spacial score (nSPS) is 17.3. The molecule has 2 aromatic rings. The van der Waals surface area contributed by atoms with E-state index in [0.717, 1.165) is 61.7 Å². The molecule has 1 fully saturated rings. The van der Waals surface area contributed by atoms with Crippen LogP contribution in [0.3, 0.4) is 0 Å². The number of halogens is 1. The molecule has 22 heavy (non-hydrogen) atoms. The lowest BCUT2D eigenvalue weighted by Gasteiger charge is -2.26. The van der Waals surface area contributed by atoms with Crippen LogP contribution < -0.4 is 5.32 Å². The second kappa shape index (κ2) is 6.16. The second-order valence-electron chi connectivity index (χ2n) is 5.65. The van der Waals surface area contributed by atoms with Gasteiger partial charge in [-0.3, -0.25) is 4.90 Å². The van der Waals surface area contributed by atoms with Crippen molar-refractivity contribution >= 4 is 28.1 Å². The molecule has 4 rings (SSSR count). The Kier molecular flexibility index (Phi) is 4.05. The van der Waals surface area contributed by atoms with Crippen LogP contribution in [0.15, 0.2) is 18.2 Å². The number of ether oxygens (including phenoxy) is 1. The molecule has 2 aliphatic rings. The smallest absolute Gasteiger partial charge is 0.183 e. The van der Waals surface area contributed by atoms with Crippen molar-refractivity contribution in [2.75, 3.05) is 44.7 Å². The molecule has 4 nitrogen and oxygen atoms in total. The molecular weight excluding hydrogens is 318 g/mol. The lowest BCUT2D eigenvalue weighted by atomic mass is 10.1. The van der Waals surface area contributed by atoms with Gasteiger partial charge >= 0.3 is 0 Å². The van der Waals surface area contributed by atoms with E-state index in [9.17, 15) is 0 Å². The SMILES string of the molecule is Clc1ccc2c(c1)-c1nc(NCCN3CCOCC3)sc1C2. The van der Waals surface area contributed by atoms with Gasteiger partial charge in [-0.1, -0.05) is 17.7 Å². The molecule has 0 unspecified atom stereocenters. The third kappa shape index (κ3) is 2.86. The Labute approximate surface area is 139 Å². The Balaban J connectivity index is 1.40. The molecule has 0 bridgehead atoms. The van der Waals surface area contributed by atoms with Crippen molar-refractivity contribution in [3.05, 3.63) is 33.7 Å². The number of benzene rings is 1. The van der Waals surface area contributed by atoms with Crippen molar-refractivity contribution in [2.45, 2.75) is 6.42 Å². The lowest BCUT2D eigenvalue weighted by molar-refractivity contribution is 0.0398. The summed E-state index contributed by atoms with van der Waals surface area (Å²) in [5, 5.41) is 5.26. The minimum atomic E-state index is 0.779. The van der Waals surface area contributed by atoms with Crippen molar-refractivity contribution in [2.24, 2.45) is 0 Å². The molecule has 1 N–H and O–H groups in total. The summed E-state index contributed by atoms with van der Waals surface area (Å²) < 4.78 is 5.37. The topological polar surface area (TPSA) is 37.4 Å². The predicted octanol–water partition coefficient (Wildman–Crippen LogP) is 3.11. The van der Waals surface area contributed by atoms with Gasteiger partial charge in [0.25, 0.3) is 0 Å². The highest BCUT2D eigenvalue weighted by atomic mass is 35.5. The zero-order valence-corrected chi connectivity index (χ0v) is 13.8. The first-order valence-corrected chi connectivity index (χ1v) is 8.81. The maximum absolute atomic E-state index is 6.11. The van der Waals surface area contributed by atoms with Gasteiger partial charge in [0.2, 0.25) is 0 Å². The van der Waals surface area contributed by atoms with E-state index in [-0.39, 0.29) is 0 Å². The van der Waals surface area contributed by atoms with Crippen molar-refractivity contribution < 1.29 is 4.74 Å². The molecule has 1 aliphatic carbocycles. The number of aromatic nitrogens is 1. The standard InChI is InChI=1S/C16H18ClN3OS/c17-12-2-1-11-9-14-15(13(11)10-12)19-16(22-14)18-3-4-20-5-7-21-8-6-20/h1-2,10H,3-9H2,(H,18,19). The highest BCUT2D eigenvalue weighted by molar-refractivity contribution is 7.16. The number of nitrogens with one attached hydrogen (secondary N) is 1. The van der Waals surface area contributed by atoms with E-state index in [4.69, 9.17) is 21.3 Å². The average Bonchev–Trinajstić information content (AvgIpc) is 3.06. The van der Waals surface area contributed by atoms with Gasteiger partial charge in [0, 0.05) is 48.1 Å². The number of morpholine rings is 1. The molecule has 2 heterocycles. The predicted molar refractivity (Wildman–Crippen MR) is 91.1 cm³/mol. The number of thiazole rings is 1. The zero-order valence-electron chi connectivity index (χ0n) is 12.3. The summed E-state index contributed by atoms with van der Waals surface area (Å²) in [6.07, 6.45) is 0.977. The van der Waals surface area contributed by atoms with Crippen LogP contribution in [0, 0.1) is 0 Å². The van der Waals surface area contributed by atoms with Crippen LogP contribution in [0.2, 0.25) is 5.02 Å². The fourth-order valence-electron chi connectivity index (χ4n) is 3.00. The summed E-state index contributed by atoms with van der Waals surface area (Å²) in [6, 6.07) is 6.09. The quantitative estimate of drug-likeness (QED) is 0.795. The summed E-state index contributed by atoms with van der Waals surface area (Å²) in [7, 11) is 0. The molecule has 0 atom stereocenters. The van der Waals surface area contributed by atoms with Crippen molar-refractivity contribution in [3.8, 4) is 11.3 Å². The summed E-state index contributed by atoms with van der Waals surface area (Å²) in [5.74, 6) is 0. The molecule has 0 amide bonds. The number of fused-ring (bicyclic) bond motifs is 3. The van der Waals surface area contributed by atoms with E-state index in [1.54, 1.807) is 11.3 Å². The molecule has 1 aliphatic heterocycles. The third-order valence-electron chi connectivity index (χ3n) is 4.18. The van der Waals surface area contributed by atoms with E-state index < -0.39 is 0 Å². The number of hydrogen-bond donors (Lipinski definition) is 1. The first-order valence-electron chi connectivity index (χ1n) is 7.62. The van der Waals surface area contributed by atoms with Gasteiger partial charge in [-0.2, -0.15) is 0 Å². The number of anilines is 1. The molecule has 1 aromatic carbocycles. The molecular formula is C16H18ClN3OS. The van der Waals surface area contributed by atoms with Gasteiger partial charge in [0.1, 0.15) is 0 Å². The van der Waals surface area contributed by atoms with Gasteiger partial charge in [-0.25, -0.2) is 4.98 Å². The van der Waals surface area contributed by atoms with Gasteiger partial charge in [-0.15, -0.1) is 11.3 Å². The van der Waals surface area contributed by atoms with Gasteiger partial charge in [0.15, 0.2) is 5.13 Å². The maximum atomic E-state index is 6.11. The Hall–Kier alpha value is -1.14. The molecule has 6 heteroatoms. The molecule has 1 aromatic heterocycles. The highest BCUT2D eigenvalue weighted by Gasteiger charge is 2.23. The van der Waals surface area contributed by atoms with Gasteiger partial charge in [0.05, 0.1) is 18.9 Å². The van der Waals surface area contributed by atoms with E-state index >= 15 is 0 Å². The molecule has 116 valence electrons.